The first-order chi connectivity index (χ1) is 15.8. The van der Waals surface area contributed by atoms with Crippen molar-refractivity contribution in [2.45, 2.75) is 38.0 Å². The third-order valence-corrected chi connectivity index (χ3v) is 6.96. The molecule has 34 heavy (non-hydrogen) atoms. The highest BCUT2D eigenvalue weighted by Gasteiger charge is 2.27. The number of nitrogens with one attached hydrogen (secondary N) is 1. The van der Waals surface area contributed by atoms with E-state index in [1.54, 1.807) is 12.1 Å². The molecule has 2 aromatic carbocycles. The van der Waals surface area contributed by atoms with E-state index >= 15 is 0 Å². The molecule has 0 radical (unpaired) electrons. The van der Waals surface area contributed by atoms with Gasteiger partial charge in [-0.2, -0.15) is 0 Å². The quantitative estimate of drug-likeness (QED) is 0.473. The number of imide groups is 1. The Hall–Kier alpha value is -3.30. The molecule has 0 aliphatic rings. The van der Waals surface area contributed by atoms with Gasteiger partial charge in [0.1, 0.15) is 11.6 Å². The molecule has 0 spiro atoms. The second-order valence-corrected chi connectivity index (χ2v) is 10.7. The van der Waals surface area contributed by atoms with Crippen molar-refractivity contribution in [3.63, 3.8) is 0 Å². The Morgan fingerprint density at radius 3 is 2.26 bits per heavy atom. The number of hydrogen-bond acceptors (Lipinski definition) is 5. The number of nitrogens with zero attached hydrogens (tertiary/aromatic N) is 2. The van der Waals surface area contributed by atoms with Crippen molar-refractivity contribution in [1.82, 2.24) is 4.98 Å². The summed E-state index contributed by atoms with van der Waals surface area (Å²) in [5.41, 5.74) is 0.846. The van der Waals surface area contributed by atoms with Crippen LogP contribution in [0, 0.1) is 12.7 Å². The van der Waals surface area contributed by atoms with Crippen molar-refractivity contribution in [2.75, 3.05) is 9.62 Å². The molecule has 0 atom stereocenters. The Morgan fingerprint density at radius 2 is 1.74 bits per heavy atom. The van der Waals surface area contributed by atoms with E-state index in [0.29, 0.717) is 4.90 Å². The third-order valence-electron chi connectivity index (χ3n) is 5.17. The molecule has 10 heteroatoms. The highest BCUT2D eigenvalue weighted by molar-refractivity contribution is 7.92. The Morgan fingerprint density at radius 1 is 1.09 bits per heavy atom. The Kier molecular flexibility index (Phi) is 7.09. The normalized spacial score (nSPS) is 11.7. The van der Waals surface area contributed by atoms with Crippen LogP contribution in [0.1, 0.15) is 42.3 Å². The number of aromatic nitrogens is 1. The van der Waals surface area contributed by atoms with Gasteiger partial charge < -0.3 is 0 Å². The minimum atomic E-state index is -4.08. The number of sulfonamides is 1. The number of benzene rings is 2. The first-order valence-corrected chi connectivity index (χ1v) is 12.0. The van der Waals surface area contributed by atoms with Gasteiger partial charge in [-0.05, 0) is 59.9 Å². The van der Waals surface area contributed by atoms with Gasteiger partial charge in [-0.1, -0.05) is 44.5 Å². The molecule has 0 bridgehead atoms. The number of amides is 2. The summed E-state index contributed by atoms with van der Waals surface area (Å²) in [7, 11) is -4.08. The van der Waals surface area contributed by atoms with Gasteiger partial charge >= 0.3 is 0 Å². The van der Waals surface area contributed by atoms with Crippen LogP contribution in [0.3, 0.4) is 0 Å². The number of anilines is 2. The molecule has 2 amide bonds. The molecule has 7 nitrogen and oxygen atoms in total. The smallest absolute Gasteiger partial charge is 0.268 e. The van der Waals surface area contributed by atoms with Crippen LogP contribution in [0.25, 0.3) is 0 Å². The third kappa shape index (κ3) is 5.26. The van der Waals surface area contributed by atoms with Crippen LogP contribution >= 0.6 is 11.6 Å². The minimum absolute atomic E-state index is 0.000975. The number of halogens is 2. The summed E-state index contributed by atoms with van der Waals surface area (Å²) in [6.07, 6.45) is 1.07. The zero-order chi connectivity index (χ0) is 25.3. The maximum Gasteiger partial charge on any atom is 0.268 e. The fourth-order valence-corrected chi connectivity index (χ4v) is 4.45. The summed E-state index contributed by atoms with van der Waals surface area (Å²) in [6.45, 7) is 7.56. The Balaban J connectivity index is 2.03. The van der Waals surface area contributed by atoms with Crippen LogP contribution in [0.15, 0.2) is 59.6 Å². The minimum Gasteiger partial charge on any atom is -0.279 e. The molecule has 0 saturated carbocycles. The topological polar surface area (TPSA) is 96.4 Å². The van der Waals surface area contributed by atoms with E-state index in [2.05, 4.69) is 9.71 Å². The fraction of sp³-hybridized carbons (Fsp3) is 0.208. The van der Waals surface area contributed by atoms with E-state index in [0.717, 1.165) is 23.9 Å². The van der Waals surface area contributed by atoms with E-state index in [9.17, 15) is 22.4 Å². The van der Waals surface area contributed by atoms with E-state index in [-0.39, 0.29) is 44.4 Å². The zero-order valence-corrected chi connectivity index (χ0v) is 20.5. The number of pyridine rings is 1. The second kappa shape index (κ2) is 9.52. The van der Waals surface area contributed by atoms with Crippen LogP contribution < -0.4 is 9.62 Å². The molecule has 1 aromatic heterocycles. The summed E-state index contributed by atoms with van der Waals surface area (Å²) in [6, 6.07) is 11.4. The van der Waals surface area contributed by atoms with E-state index in [4.69, 9.17) is 11.6 Å². The SMILES string of the molecule is Cc1c(Cl)ccc(NS(=O)(=O)c2ccc(C(C)(C)C)cc2)c1C(=O)N(C=O)c1ccc(F)cn1. The molecule has 3 aromatic rings. The van der Waals surface area contributed by atoms with Crippen LogP contribution in [0.4, 0.5) is 15.9 Å². The van der Waals surface area contributed by atoms with Crippen LogP contribution in [0.2, 0.25) is 5.02 Å². The predicted octanol–water partition coefficient (Wildman–Crippen LogP) is 5.08. The average Bonchev–Trinajstić information content (AvgIpc) is 2.77. The Bertz CT molecular complexity index is 1340. The molecule has 1 heterocycles. The van der Waals surface area contributed by atoms with E-state index in [1.165, 1.54) is 31.2 Å². The van der Waals surface area contributed by atoms with E-state index in [1.807, 2.05) is 20.8 Å². The number of rotatable bonds is 6. The molecule has 0 aliphatic carbocycles. The largest absolute Gasteiger partial charge is 0.279 e. The highest BCUT2D eigenvalue weighted by Crippen LogP contribution is 2.31. The van der Waals surface area contributed by atoms with Gasteiger partial charge in [-0.15, -0.1) is 0 Å². The monoisotopic (exact) mass is 503 g/mol. The molecule has 1 N–H and O–H groups in total. The van der Waals surface area contributed by atoms with Gasteiger partial charge in [-0.25, -0.2) is 22.7 Å². The van der Waals surface area contributed by atoms with Crippen molar-refractivity contribution in [1.29, 1.82) is 0 Å². The molecular weight excluding hydrogens is 481 g/mol. The van der Waals surface area contributed by atoms with Crippen molar-refractivity contribution in [3.8, 4) is 0 Å². The van der Waals surface area contributed by atoms with Gasteiger partial charge in [0.15, 0.2) is 0 Å². The summed E-state index contributed by atoms with van der Waals surface area (Å²) in [5.74, 6) is -1.66. The lowest BCUT2D eigenvalue weighted by Gasteiger charge is -2.21. The lowest BCUT2D eigenvalue weighted by Crippen LogP contribution is -2.32. The molecule has 0 fully saturated rings. The standard InChI is InChI=1S/C24H23ClFN3O4S/c1-15-19(25)10-11-20(22(15)23(31)29(14-30)21-12-7-17(26)13-27-21)28-34(32,33)18-8-5-16(6-9-18)24(2,3)4/h5-14,28H,1-4H3. The second-order valence-electron chi connectivity index (χ2n) is 8.59. The average molecular weight is 504 g/mol. The van der Waals surface area contributed by atoms with Crippen molar-refractivity contribution in [2.24, 2.45) is 0 Å². The van der Waals surface area contributed by atoms with Crippen LogP contribution in [0.5, 0.6) is 0 Å². The lowest BCUT2D eigenvalue weighted by atomic mass is 9.87. The first-order valence-electron chi connectivity index (χ1n) is 10.2. The molecule has 178 valence electrons. The molecule has 0 saturated heterocycles. The molecule has 3 rings (SSSR count). The zero-order valence-electron chi connectivity index (χ0n) is 19.0. The van der Waals surface area contributed by atoms with Crippen LogP contribution in [-0.4, -0.2) is 25.7 Å². The van der Waals surface area contributed by atoms with E-state index < -0.39 is 21.7 Å². The highest BCUT2D eigenvalue weighted by atomic mass is 35.5. The van der Waals surface area contributed by atoms with Gasteiger partial charge in [0.05, 0.1) is 22.3 Å². The summed E-state index contributed by atoms with van der Waals surface area (Å²) < 4.78 is 41.8. The molecular formula is C24H23ClFN3O4S. The molecule has 0 aliphatic heterocycles. The van der Waals surface area contributed by atoms with Crippen molar-refractivity contribution >= 4 is 45.4 Å². The van der Waals surface area contributed by atoms with Gasteiger partial charge in [0.2, 0.25) is 6.41 Å². The van der Waals surface area contributed by atoms with Crippen molar-refractivity contribution < 1.29 is 22.4 Å². The lowest BCUT2D eigenvalue weighted by molar-refractivity contribution is -0.107. The number of carbonyl (C=O) groups excluding carboxylic acids is 2. The van der Waals surface area contributed by atoms with Gasteiger partial charge in [0.25, 0.3) is 15.9 Å². The van der Waals surface area contributed by atoms with Gasteiger partial charge in [0, 0.05) is 5.02 Å². The maximum absolute atomic E-state index is 13.3. The predicted molar refractivity (Wildman–Crippen MR) is 129 cm³/mol. The van der Waals surface area contributed by atoms with Crippen LogP contribution in [-0.2, 0) is 20.2 Å². The Labute approximate surface area is 202 Å². The van der Waals surface area contributed by atoms with Crippen molar-refractivity contribution in [3.05, 3.63) is 82.3 Å². The number of carbonyl (C=O) groups is 2. The molecule has 0 unspecified atom stereocenters. The fourth-order valence-electron chi connectivity index (χ4n) is 3.22. The summed E-state index contributed by atoms with van der Waals surface area (Å²) in [5, 5.41) is 0.193. The summed E-state index contributed by atoms with van der Waals surface area (Å²) >= 11 is 6.19. The van der Waals surface area contributed by atoms with Gasteiger partial charge in [-0.3, -0.25) is 14.3 Å². The maximum atomic E-state index is 13.3. The first kappa shape index (κ1) is 25.3. The summed E-state index contributed by atoms with van der Waals surface area (Å²) in [4.78, 5) is 29.4. The number of hydrogen-bond donors (Lipinski definition) is 1.